The lowest BCUT2D eigenvalue weighted by atomic mass is 9.91. The molecule has 0 radical (unpaired) electrons. The van der Waals surface area contributed by atoms with E-state index in [0.29, 0.717) is 6.04 Å². The van der Waals surface area contributed by atoms with Crippen LogP contribution in [0.4, 0.5) is 0 Å². The van der Waals surface area contributed by atoms with Crippen molar-refractivity contribution in [1.29, 1.82) is 0 Å². The summed E-state index contributed by atoms with van der Waals surface area (Å²) in [5, 5.41) is 12.1. The zero-order chi connectivity index (χ0) is 17.3. The Balaban J connectivity index is 1.47. The van der Waals surface area contributed by atoms with Crippen molar-refractivity contribution in [2.75, 3.05) is 0 Å². The maximum atomic E-state index is 4.08. The third-order valence-electron chi connectivity index (χ3n) is 5.43. The summed E-state index contributed by atoms with van der Waals surface area (Å²) in [5.74, 6) is 0. The van der Waals surface area contributed by atoms with E-state index in [1.807, 2.05) is 12.4 Å². The predicted octanol–water partition coefficient (Wildman–Crippen LogP) is 4.73. The van der Waals surface area contributed by atoms with E-state index in [-0.39, 0.29) is 0 Å². The van der Waals surface area contributed by atoms with Gasteiger partial charge in [0, 0.05) is 40.9 Å². The number of aromatic nitrogens is 3. The fourth-order valence-corrected chi connectivity index (χ4v) is 4.09. The molecule has 0 saturated heterocycles. The van der Waals surface area contributed by atoms with Crippen LogP contribution < -0.4 is 5.32 Å². The van der Waals surface area contributed by atoms with E-state index in [0.717, 1.165) is 18.5 Å². The van der Waals surface area contributed by atoms with E-state index in [9.17, 15) is 0 Å². The van der Waals surface area contributed by atoms with Crippen LogP contribution in [0.25, 0.3) is 22.0 Å². The van der Waals surface area contributed by atoms with Crippen LogP contribution in [0.15, 0.2) is 60.9 Å². The highest BCUT2D eigenvalue weighted by Crippen LogP contribution is 2.36. The first kappa shape index (κ1) is 15.4. The number of H-pyrrole nitrogens is 2. The minimum absolute atomic E-state index is 0.392. The van der Waals surface area contributed by atoms with Crippen LogP contribution in [0, 0.1) is 0 Å². The topological polar surface area (TPSA) is 56.5 Å². The van der Waals surface area contributed by atoms with Crippen LogP contribution in [0.3, 0.4) is 0 Å². The average Bonchev–Trinajstić information content (AvgIpc) is 3.35. The smallest absolute Gasteiger partial charge is 0.0565 e. The molecule has 5 rings (SSSR count). The summed E-state index contributed by atoms with van der Waals surface area (Å²) in [6.45, 7) is 0.903. The number of aromatic amines is 2. The summed E-state index contributed by atoms with van der Waals surface area (Å²) in [5.41, 5.74) is 7.76. The molecule has 4 heteroatoms. The lowest BCUT2D eigenvalue weighted by Gasteiger charge is -2.24. The van der Waals surface area contributed by atoms with Gasteiger partial charge in [0.1, 0.15) is 0 Å². The van der Waals surface area contributed by atoms with Gasteiger partial charge in [-0.2, -0.15) is 5.10 Å². The first-order chi connectivity index (χ1) is 12.9. The molecule has 0 unspecified atom stereocenters. The van der Waals surface area contributed by atoms with E-state index in [1.165, 1.54) is 46.1 Å². The van der Waals surface area contributed by atoms with Gasteiger partial charge in [-0.3, -0.25) is 5.10 Å². The molecule has 0 aliphatic heterocycles. The second kappa shape index (κ2) is 6.46. The Kier molecular flexibility index (Phi) is 3.83. The van der Waals surface area contributed by atoms with Crippen LogP contribution in [0.5, 0.6) is 0 Å². The van der Waals surface area contributed by atoms with Gasteiger partial charge in [-0.25, -0.2) is 0 Å². The van der Waals surface area contributed by atoms with Crippen molar-refractivity contribution in [3.63, 3.8) is 0 Å². The third kappa shape index (κ3) is 2.72. The van der Waals surface area contributed by atoms with Gasteiger partial charge in [0.25, 0.3) is 0 Å². The Hall–Kier alpha value is -2.85. The van der Waals surface area contributed by atoms with Gasteiger partial charge in [0.05, 0.1) is 6.20 Å². The minimum atomic E-state index is 0.392. The molecule has 0 bridgehead atoms. The summed E-state index contributed by atoms with van der Waals surface area (Å²) in [6.07, 6.45) is 7.38. The monoisotopic (exact) mass is 342 g/mol. The Bertz CT molecular complexity index is 1020. The molecule has 130 valence electrons. The van der Waals surface area contributed by atoms with Crippen molar-refractivity contribution in [2.45, 2.75) is 31.8 Å². The highest BCUT2D eigenvalue weighted by molar-refractivity contribution is 5.89. The Morgan fingerprint density at radius 2 is 2.00 bits per heavy atom. The van der Waals surface area contributed by atoms with E-state index >= 15 is 0 Å². The quantitative estimate of drug-likeness (QED) is 0.502. The molecule has 0 saturated carbocycles. The van der Waals surface area contributed by atoms with Crippen LogP contribution >= 0.6 is 0 Å². The van der Waals surface area contributed by atoms with Crippen molar-refractivity contribution in [1.82, 2.24) is 20.5 Å². The largest absolute Gasteiger partial charge is 0.357 e. The standard InChI is InChI=1S/C22H22N4/c1-2-5-15(6-3-1)12-23-21-8-4-7-18-19-11-16(17-13-24-25-14-17)9-10-20(19)26-22(18)21/h1-3,5-6,9-11,13-14,21,23,26H,4,7-8,12H2,(H,24,25)/t21-/m1/s1. The molecule has 1 atom stereocenters. The van der Waals surface area contributed by atoms with Gasteiger partial charge in [0.2, 0.25) is 0 Å². The molecule has 2 aromatic heterocycles. The molecule has 4 nitrogen and oxygen atoms in total. The summed E-state index contributed by atoms with van der Waals surface area (Å²) in [6, 6.07) is 17.7. The molecule has 2 heterocycles. The van der Waals surface area contributed by atoms with Crippen molar-refractivity contribution in [3.05, 3.63) is 77.7 Å². The van der Waals surface area contributed by atoms with E-state index < -0.39 is 0 Å². The number of aryl methyl sites for hydroxylation is 1. The molecule has 3 N–H and O–H groups in total. The second-order valence-corrected chi connectivity index (χ2v) is 7.08. The fraction of sp³-hybridized carbons (Fsp3) is 0.227. The summed E-state index contributed by atoms with van der Waals surface area (Å²) < 4.78 is 0. The molecule has 1 aliphatic carbocycles. The maximum absolute atomic E-state index is 4.08. The number of benzene rings is 2. The van der Waals surface area contributed by atoms with E-state index in [4.69, 9.17) is 0 Å². The van der Waals surface area contributed by atoms with Crippen LogP contribution in [0.2, 0.25) is 0 Å². The van der Waals surface area contributed by atoms with Gasteiger partial charge in [0.15, 0.2) is 0 Å². The molecule has 4 aromatic rings. The maximum Gasteiger partial charge on any atom is 0.0565 e. The zero-order valence-corrected chi connectivity index (χ0v) is 14.6. The molecule has 26 heavy (non-hydrogen) atoms. The molecule has 0 spiro atoms. The van der Waals surface area contributed by atoms with Crippen LogP contribution in [-0.4, -0.2) is 15.2 Å². The lowest BCUT2D eigenvalue weighted by Crippen LogP contribution is -2.24. The summed E-state index contributed by atoms with van der Waals surface area (Å²) >= 11 is 0. The van der Waals surface area contributed by atoms with Crippen LogP contribution in [-0.2, 0) is 13.0 Å². The minimum Gasteiger partial charge on any atom is -0.357 e. The van der Waals surface area contributed by atoms with Crippen molar-refractivity contribution < 1.29 is 0 Å². The highest BCUT2D eigenvalue weighted by atomic mass is 15.1. The highest BCUT2D eigenvalue weighted by Gasteiger charge is 2.24. The Morgan fingerprint density at radius 1 is 1.08 bits per heavy atom. The van der Waals surface area contributed by atoms with Gasteiger partial charge >= 0.3 is 0 Å². The zero-order valence-electron chi connectivity index (χ0n) is 14.6. The molecular formula is C22H22N4. The van der Waals surface area contributed by atoms with Crippen molar-refractivity contribution in [2.24, 2.45) is 0 Å². The van der Waals surface area contributed by atoms with Gasteiger partial charge in [-0.1, -0.05) is 36.4 Å². The van der Waals surface area contributed by atoms with Crippen molar-refractivity contribution in [3.8, 4) is 11.1 Å². The molecular weight excluding hydrogens is 320 g/mol. The van der Waals surface area contributed by atoms with Crippen molar-refractivity contribution >= 4 is 10.9 Å². The fourth-order valence-electron chi connectivity index (χ4n) is 4.09. The molecule has 0 amide bonds. The third-order valence-corrected chi connectivity index (χ3v) is 5.43. The first-order valence-corrected chi connectivity index (χ1v) is 9.29. The summed E-state index contributed by atoms with van der Waals surface area (Å²) in [7, 11) is 0. The second-order valence-electron chi connectivity index (χ2n) is 7.08. The van der Waals surface area contributed by atoms with E-state index in [2.05, 4.69) is 69.0 Å². The first-order valence-electron chi connectivity index (χ1n) is 9.29. The number of rotatable bonds is 4. The van der Waals surface area contributed by atoms with Gasteiger partial charge < -0.3 is 10.3 Å². The predicted molar refractivity (Wildman–Crippen MR) is 105 cm³/mol. The number of hydrogen-bond donors (Lipinski definition) is 3. The Morgan fingerprint density at radius 3 is 2.85 bits per heavy atom. The number of nitrogens with one attached hydrogen (secondary N) is 3. The number of nitrogens with zero attached hydrogens (tertiary/aromatic N) is 1. The lowest BCUT2D eigenvalue weighted by molar-refractivity contribution is 0.452. The Labute approximate surface area is 152 Å². The summed E-state index contributed by atoms with van der Waals surface area (Å²) in [4.78, 5) is 3.69. The SMILES string of the molecule is c1ccc(CN[C@@H]2CCCc3c2[nH]c2ccc(-c4cn[nH]c4)cc32)cc1. The number of hydrogen-bond acceptors (Lipinski definition) is 2. The average molecular weight is 342 g/mol. The van der Waals surface area contributed by atoms with Crippen LogP contribution in [0.1, 0.15) is 35.7 Å². The molecule has 1 aliphatic rings. The van der Waals surface area contributed by atoms with E-state index in [1.54, 1.807) is 0 Å². The van der Waals surface area contributed by atoms with Gasteiger partial charge in [-0.15, -0.1) is 0 Å². The number of fused-ring (bicyclic) bond motifs is 3. The van der Waals surface area contributed by atoms with Gasteiger partial charge in [-0.05, 0) is 48.1 Å². The normalized spacial score (nSPS) is 16.7. The molecule has 2 aromatic carbocycles. The molecule has 0 fully saturated rings.